The maximum Gasteiger partial charge on any atom is 0.0551 e. The molecule has 0 amide bonds. The highest BCUT2D eigenvalue weighted by Crippen LogP contribution is 1.63. The third-order valence-electron chi connectivity index (χ3n) is 0.496. The van der Waals surface area contributed by atoms with Gasteiger partial charge in [0.25, 0.3) is 0 Å². The summed E-state index contributed by atoms with van der Waals surface area (Å²) in [5, 5.41) is 0. The van der Waals surface area contributed by atoms with Crippen LogP contribution in [0.2, 0.25) is 0 Å². The second kappa shape index (κ2) is 5.48. The van der Waals surface area contributed by atoms with Gasteiger partial charge in [0.2, 0.25) is 0 Å². The van der Waals surface area contributed by atoms with E-state index >= 15 is 0 Å². The average Bonchev–Trinajstić information content (AvgIpc) is 1.69. The van der Waals surface area contributed by atoms with Gasteiger partial charge >= 0.3 is 0 Å². The van der Waals surface area contributed by atoms with Crippen molar-refractivity contribution >= 4 is 0 Å². The SMILES string of the molecule is NCC#CCCN. The van der Waals surface area contributed by atoms with Crippen molar-refractivity contribution in [3.63, 3.8) is 0 Å². The molecule has 0 heterocycles. The highest BCUT2D eigenvalue weighted by Gasteiger charge is 1.65. The van der Waals surface area contributed by atoms with Crippen molar-refractivity contribution in [3.8, 4) is 11.8 Å². The number of hydrogen-bond acceptors (Lipinski definition) is 2. The van der Waals surface area contributed by atoms with E-state index in [0.29, 0.717) is 13.1 Å². The fourth-order valence-electron chi connectivity index (χ4n) is 0.233. The lowest BCUT2D eigenvalue weighted by molar-refractivity contribution is 1.03. The number of rotatable bonds is 1. The minimum atomic E-state index is 0.444. The Bertz CT molecular complexity index is 77.8. The van der Waals surface area contributed by atoms with Crippen LogP contribution in [0.4, 0.5) is 0 Å². The third kappa shape index (κ3) is 5.48. The summed E-state index contributed by atoms with van der Waals surface area (Å²) >= 11 is 0. The Balaban J connectivity index is 2.91. The Morgan fingerprint density at radius 1 is 1.14 bits per heavy atom. The first kappa shape index (κ1) is 6.48. The zero-order valence-corrected chi connectivity index (χ0v) is 4.28. The average molecular weight is 98.1 g/mol. The van der Waals surface area contributed by atoms with Crippen molar-refractivity contribution in [3.05, 3.63) is 0 Å². The van der Waals surface area contributed by atoms with Crippen LogP contribution in [-0.4, -0.2) is 13.1 Å². The molecular formula is C5H10N2. The molecule has 2 nitrogen and oxygen atoms in total. The summed E-state index contributed by atoms with van der Waals surface area (Å²) in [6.07, 6.45) is 0.761. The normalized spacial score (nSPS) is 7.14. The minimum absolute atomic E-state index is 0.444. The molecule has 0 fully saturated rings. The molecule has 4 N–H and O–H groups in total. The predicted molar refractivity (Wildman–Crippen MR) is 30.5 cm³/mol. The van der Waals surface area contributed by atoms with Crippen molar-refractivity contribution in [2.75, 3.05) is 13.1 Å². The van der Waals surface area contributed by atoms with E-state index in [1.54, 1.807) is 0 Å². The Hall–Kier alpha value is -0.520. The zero-order valence-electron chi connectivity index (χ0n) is 4.28. The Morgan fingerprint density at radius 2 is 1.86 bits per heavy atom. The molecule has 0 unspecified atom stereocenters. The van der Waals surface area contributed by atoms with Crippen LogP contribution in [0.3, 0.4) is 0 Å². The summed E-state index contributed by atoms with van der Waals surface area (Å²) < 4.78 is 0. The molecule has 0 rings (SSSR count). The molecule has 0 aliphatic carbocycles. The lowest BCUT2D eigenvalue weighted by Gasteiger charge is -1.75. The van der Waals surface area contributed by atoms with Crippen molar-refractivity contribution in [2.24, 2.45) is 11.5 Å². The van der Waals surface area contributed by atoms with Gasteiger partial charge < -0.3 is 11.5 Å². The molecule has 0 aromatic rings. The summed E-state index contributed by atoms with van der Waals surface area (Å²) in [6.45, 7) is 1.08. The third-order valence-corrected chi connectivity index (χ3v) is 0.496. The molecule has 0 aromatic carbocycles. The van der Waals surface area contributed by atoms with Gasteiger partial charge in [-0.15, -0.1) is 5.92 Å². The highest BCUT2D eigenvalue weighted by atomic mass is 14.5. The molecule has 0 aromatic heterocycles. The zero-order chi connectivity index (χ0) is 5.54. The van der Waals surface area contributed by atoms with Crippen molar-refractivity contribution in [1.29, 1.82) is 0 Å². The van der Waals surface area contributed by atoms with Gasteiger partial charge in [-0.3, -0.25) is 0 Å². The molecule has 0 atom stereocenters. The number of nitrogens with two attached hydrogens (primary N) is 2. The summed E-state index contributed by atoms with van der Waals surface area (Å²) in [4.78, 5) is 0. The largest absolute Gasteiger partial charge is 0.330 e. The maximum atomic E-state index is 5.13. The lowest BCUT2D eigenvalue weighted by Crippen LogP contribution is -1.97. The first-order valence-corrected chi connectivity index (χ1v) is 2.27. The molecule has 40 valence electrons. The summed E-state index contributed by atoms with van der Waals surface area (Å²) in [7, 11) is 0. The predicted octanol–water partition coefficient (Wildman–Crippen LogP) is -0.703. The van der Waals surface area contributed by atoms with E-state index in [0.717, 1.165) is 6.42 Å². The summed E-state index contributed by atoms with van der Waals surface area (Å²) in [6, 6.07) is 0. The van der Waals surface area contributed by atoms with Crippen molar-refractivity contribution in [1.82, 2.24) is 0 Å². The molecule has 0 saturated heterocycles. The van der Waals surface area contributed by atoms with E-state index in [2.05, 4.69) is 11.8 Å². The maximum absolute atomic E-state index is 5.13. The molecular weight excluding hydrogens is 88.1 g/mol. The molecule has 7 heavy (non-hydrogen) atoms. The standard InChI is InChI=1S/C5H10N2/c6-4-2-1-3-5-7/h2,4-7H2. The van der Waals surface area contributed by atoms with Crippen LogP contribution in [0.5, 0.6) is 0 Å². The van der Waals surface area contributed by atoms with Gasteiger partial charge in [-0.1, -0.05) is 5.92 Å². The Labute approximate surface area is 43.9 Å². The highest BCUT2D eigenvalue weighted by molar-refractivity contribution is 4.99. The lowest BCUT2D eigenvalue weighted by atomic mass is 10.4. The Morgan fingerprint density at radius 3 is 2.29 bits per heavy atom. The summed E-state index contributed by atoms with van der Waals surface area (Å²) in [5.41, 5.74) is 10.2. The van der Waals surface area contributed by atoms with Crippen LogP contribution >= 0.6 is 0 Å². The number of hydrogen-bond donors (Lipinski definition) is 2. The first-order valence-electron chi connectivity index (χ1n) is 2.27. The van der Waals surface area contributed by atoms with Gasteiger partial charge in [-0.2, -0.15) is 0 Å². The van der Waals surface area contributed by atoms with Crippen LogP contribution in [-0.2, 0) is 0 Å². The summed E-state index contributed by atoms with van der Waals surface area (Å²) in [5.74, 6) is 5.48. The van der Waals surface area contributed by atoms with Gasteiger partial charge in [0, 0.05) is 13.0 Å². The van der Waals surface area contributed by atoms with E-state index < -0.39 is 0 Å². The minimum Gasteiger partial charge on any atom is -0.330 e. The van der Waals surface area contributed by atoms with Crippen LogP contribution in [0.1, 0.15) is 6.42 Å². The van der Waals surface area contributed by atoms with E-state index in [-0.39, 0.29) is 0 Å². The van der Waals surface area contributed by atoms with Crippen molar-refractivity contribution in [2.45, 2.75) is 6.42 Å². The van der Waals surface area contributed by atoms with E-state index in [9.17, 15) is 0 Å². The monoisotopic (exact) mass is 98.1 g/mol. The van der Waals surface area contributed by atoms with E-state index in [1.165, 1.54) is 0 Å². The van der Waals surface area contributed by atoms with Crippen molar-refractivity contribution < 1.29 is 0 Å². The fraction of sp³-hybridized carbons (Fsp3) is 0.600. The van der Waals surface area contributed by atoms with Gasteiger partial charge in [0.05, 0.1) is 6.54 Å². The Kier molecular flexibility index (Phi) is 5.07. The van der Waals surface area contributed by atoms with Gasteiger partial charge in [-0.25, -0.2) is 0 Å². The van der Waals surface area contributed by atoms with Gasteiger partial charge in [-0.05, 0) is 0 Å². The van der Waals surface area contributed by atoms with Crippen LogP contribution in [0.15, 0.2) is 0 Å². The topological polar surface area (TPSA) is 52.0 Å². The molecule has 0 saturated carbocycles. The molecule has 0 bridgehead atoms. The quantitative estimate of drug-likeness (QED) is 0.426. The molecule has 0 aliphatic rings. The van der Waals surface area contributed by atoms with Crippen LogP contribution in [0, 0.1) is 11.8 Å². The second-order valence-electron chi connectivity index (χ2n) is 1.10. The van der Waals surface area contributed by atoms with E-state index in [1.807, 2.05) is 0 Å². The first-order chi connectivity index (χ1) is 3.41. The second-order valence-corrected chi connectivity index (χ2v) is 1.10. The molecule has 2 heteroatoms. The van der Waals surface area contributed by atoms with Gasteiger partial charge in [0.15, 0.2) is 0 Å². The van der Waals surface area contributed by atoms with Gasteiger partial charge in [0.1, 0.15) is 0 Å². The van der Waals surface area contributed by atoms with Crippen LogP contribution in [0.25, 0.3) is 0 Å². The van der Waals surface area contributed by atoms with E-state index in [4.69, 9.17) is 11.5 Å². The van der Waals surface area contributed by atoms with Crippen LogP contribution < -0.4 is 11.5 Å². The fourth-order valence-corrected chi connectivity index (χ4v) is 0.233. The smallest absolute Gasteiger partial charge is 0.0551 e. The molecule has 0 aliphatic heterocycles. The molecule has 0 radical (unpaired) electrons. The molecule has 0 spiro atoms.